The molecular formula is C10H19N3S. The summed E-state index contributed by atoms with van der Waals surface area (Å²) in [5.74, 6) is 5.50. The van der Waals surface area contributed by atoms with Crippen LogP contribution < -0.4 is 11.3 Å². The Hall–Kier alpha value is -0.450. The van der Waals surface area contributed by atoms with E-state index in [9.17, 15) is 0 Å². The van der Waals surface area contributed by atoms with Crippen molar-refractivity contribution in [3.63, 3.8) is 0 Å². The van der Waals surface area contributed by atoms with E-state index in [1.54, 1.807) is 11.3 Å². The van der Waals surface area contributed by atoms with Gasteiger partial charge in [-0.3, -0.25) is 11.3 Å². The van der Waals surface area contributed by atoms with E-state index in [0.717, 1.165) is 18.5 Å². The first-order chi connectivity index (χ1) is 6.76. The number of aryl methyl sites for hydroxylation is 1. The average Bonchev–Trinajstić information content (AvgIpc) is 2.58. The largest absolute Gasteiger partial charge is 0.271 e. The van der Waals surface area contributed by atoms with Crippen LogP contribution in [0.2, 0.25) is 0 Å². The molecule has 1 aromatic rings. The highest BCUT2D eigenvalue weighted by atomic mass is 32.1. The van der Waals surface area contributed by atoms with Crippen molar-refractivity contribution in [2.75, 3.05) is 0 Å². The molecule has 80 valence electrons. The van der Waals surface area contributed by atoms with Gasteiger partial charge in [0.15, 0.2) is 0 Å². The van der Waals surface area contributed by atoms with Crippen molar-refractivity contribution >= 4 is 11.3 Å². The Balaban J connectivity index is 2.40. The van der Waals surface area contributed by atoms with E-state index in [2.05, 4.69) is 22.7 Å². The van der Waals surface area contributed by atoms with Crippen molar-refractivity contribution in [2.24, 2.45) is 5.84 Å². The lowest BCUT2D eigenvalue weighted by atomic mass is 10.1. The van der Waals surface area contributed by atoms with Crippen molar-refractivity contribution in [1.82, 2.24) is 10.4 Å². The van der Waals surface area contributed by atoms with Crippen LogP contribution in [-0.2, 0) is 6.42 Å². The van der Waals surface area contributed by atoms with Crippen LogP contribution in [0.4, 0.5) is 0 Å². The van der Waals surface area contributed by atoms with E-state index in [-0.39, 0.29) is 0 Å². The minimum atomic E-state index is 0.375. The van der Waals surface area contributed by atoms with Gasteiger partial charge < -0.3 is 0 Å². The molecule has 14 heavy (non-hydrogen) atoms. The Morgan fingerprint density at radius 3 is 2.93 bits per heavy atom. The van der Waals surface area contributed by atoms with Crippen LogP contribution in [0.15, 0.2) is 5.38 Å². The second-order valence-corrected chi connectivity index (χ2v) is 4.54. The zero-order valence-electron chi connectivity index (χ0n) is 8.92. The molecule has 1 atom stereocenters. The van der Waals surface area contributed by atoms with Crippen molar-refractivity contribution in [3.8, 4) is 0 Å². The molecule has 0 aliphatic carbocycles. The first kappa shape index (κ1) is 11.6. The van der Waals surface area contributed by atoms with Crippen LogP contribution in [0.3, 0.4) is 0 Å². The molecule has 0 aliphatic rings. The summed E-state index contributed by atoms with van der Waals surface area (Å²) in [6.45, 7) is 4.22. The summed E-state index contributed by atoms with van der Waals surface area (Å²) in [6.07, 6.45) is 4.52. The van der Waals surface area contributed by atoms with E-state index in [1.807, 2.05) is 6.92 Å². The summed E-state index contributed by atoms with van der Waals surface area (Å²) in [7, 11) is 0. The Labute approximate surface area is 89.7 Å². The topological polar surface area (TPSA) is 50.9 Å². The zero-order valence-corrected chi connectivity index (χ0v) is 9.73. The lowest BCUT2D eigenvalue weighted by molar-refractivity contribution is 0.473. The van der Waals surface area contributed by atoms with E-state index < -0.39 is 0 Å². The molecule has 1 heterocycles. The summed E-state index contributed by atoms with van der Waals surface area (Å²) in [5, 5.41) is 3.27. The molecule has 0 amide bonds. The van der Waals surface area contributed by atoms with Gasteiger partial charge in [0.05, 0.1) is 5.01 Å². The number of nitrogens with one attached hydrogen (secondary N) is 1. The number of nitrogens with two attached hydrogens (primary N) is 1. The number of nitrogens with zero attached hydrogens (tertiary/aromatic N) is 1. The van der Waals surface area contributed by atoms with Gasteiger partial charge >= 0.3 is 0 Å². The normalized spacial score (nSPS) is 13.1. The number of hydrogen-bond acceptors (Lipinski definition) is 4. The second kappa shape index (κ2) is 6.11. The molecule has 0 aliphatic heterocycles. The summed E-state index contributed by atoms with van der Waals surface area (Å²) < 4.78 is 0. The van der Waals surface area contributed by atoms with Gasteiger partial charge in [0, 0.05) is 23.5 Å². The first-order valence-corrected chi connectivity index (χ1v) is 6.01. The zero-order chi connectivity index (χ0) is 10.4. The maximum atomic E-state index is 5.50. The fourth-order valence-electron chi connectivity index (χ4n) is 1.40. The number of rotatable bonds is 6. The van der Waals surface area contributed by atoms with Crippen molar-refractivity contribution in [2.45, 2.75) is 45.6 Å². The fraction of sp³-hybridized carbons (Fsp3) is 0.700. The highest BCUT2D eigenvalue weighted by Gasteiger charge is 2.09. The fourth-order valence-corrected chi connectivity index (χ4v) is 2.26. The third-order valence-corrected chi connectivity index (χ3v) is 3.22. The van der Waals surface area contributed by atoms with Crippen molar-refractivity contribution in [1.29, 1.82) is 0 Å². The molecule has 0 saturated carbocycles. The minimum Gasteiger partial charge on any atom is -0.271 e. The Kier molecular flexibility index (Phi) is 5.07. The van der Waals surface area contributed by atoms with Gasteiger partial charge in [-0.15, -0.1) is 11.3 Å². The number of thiazole rings is 1. The predicted octanol–water partition coefficient (Wildman–Crippen LogP) is 2.02. The highest BCUT2D eigenvalue weighted by Crippen LogP contribution is 2.13. The third-order valence-electron chi connectivity index (χ3n) is 2.23. The molecule has 1 unspecified atom stereocenters. The van der Waals surface area contributed by atoms with Gasteiger partial charge in [0.25, 0.3) is 0 Å². The van der Waals surface area contributed by atoms with Crippen LogP contribution >= 0.6 is 11.3 Å². The molecule has 4 heteroatoms. The summed E-state index contributed by atoms with van der Waals surface area (Å²) in [5.41, 5.74) is 3.97. The molecule has 1 rings (SSSR count). The maximum Gasteiger partial charge on any atom is 0.0944 e. The monoisotopic (exact) mass is 213 g/mol. The molecule has 0 aromatic carbocycles. The predicted molar refractivity (Wildman–Crippen MR) is 61.2 cm³/mol. The van der Waals surface area contributed by atoms with E-state index >= 15 is 0 Å². The number of hydrazine groups is 1. The van der Waals surface area contributed by atoms with Gasteiger partial charge in [-0.05, 0) is 13.3 Å². The molecule has 0 saturated heterocycles. The Morgan fingerprint density at radius 1 is 1.64 bits per heavy atom. The number of hydrogen-bond donors (Lipinski definition) is 2. The van der Waals surface area contributed by atoms with Crippen LogP contribution in [-0.4, -0.2) is 11.0 Å². The summed E-state index contributed by atoms with van der Waals surface area (Å²) >= 11 is 1.72. The molecule has 0 radical (unpaired) electrons. The lowest BCUT2D eigenvalue weighted by Gasteiger charge is -2.13. The molecular weight excluding hydrogens is 194 g/mol. The van der Waals surface area contributed by atoms with E-state index in [0.29, 0.717) is 6.04 Å². The van der Waals surface area contributed by atoms with E-state index in [4.69, 9.17) is 5.84 Å². The lowest BCUT2D eigenvalue weighted by Crippen LogP contribution is -2.36. The Bertz CT molecular complexity index is 260. The first-order valence-electron chi connectivity index (χ1n) is 5.13. The standard InChI is InChI=1S/C10H19N3S/c1-3-4-5-9(13-11)6-10-12-8(2)7-14-10/h7,9,13H,3-6,11H2,1-2H3. The molecule has 0 bridgehead atoms. The molecule has 3 N–H and O–H groups in total. The van der Waals surface area contributed by atoms with Crippen LogP contribution in [0.25, 0.3) is 0 Å². The van der Waals surface area contributed by atoms with Crippen molar-refractivity contribution in [3.05, 3.63) is 16.1 Å². The number of aromatic nitrogens is 1. The smallest absolute Gasteiger partial charge is 0.0944 e. The molecule has 0 spiro atoms. The van der Waals surface area contributed by atoms with E-state index in [1.165, 1.54) is 17.8 Å². The van der Waals surface area contributed by atoms with Crippen LogP contribution in [0.5, 0.6) is 0 Å². The third kappa shape index (κ3) is 3.74. The van der Waals surface area contributed by atoms with Crippen molar-refractivity contribution < 1.29 is 0 Å². The van der Waals surface area contributed by atoms with Crippen LogP contribution in [0.1, 0.15) is 36.9 Å². The van der Waals surface area contributed by atoms with Gasteiger partial charge in [-0.1, -0.05) is 19.8 Å². The second-order valence-electron chi connectivity index (χ2n) is 3.59. The van der Waals surface area contributed by atoms with Crippen LogP contribution in [0, 0.1) is 6.92 Å². The molecule has 3 nitrogen and oxygen atoms in total. The SMILES string of the molecule is CCCCC(Cc1nc(C)cs1)NN. The van der Waals surface area contributed by atoms with Gasteiger partial charge in [0.2, 0.25) is 0 Å². The number of unbranched alkanes of at least 4 members (excludes halogenated alkanes) is 1. The van der Waals surface area contributed by atoms with Gasteiger partial charge in [-0.25, -0.2) is 4.98 Å². The average molecular weight is 213 g/mol. The van der Waals surface area contributed by atoms with Gasteiger partial charge in [0.1, 0.15) is 0 Å². The Morgan fingerprint density at radius 2 is 2.43 bits per heavy atom. The summed E-state index contributed by atoms with van der Waals surface area (Å²) in [4.78, 5) is 4.43. The minimum absolute atomic E-state index is 0.375. The highest BCUT2D eigenvalue weighted by molar-refractivity contribution is 7.09. The molecule has 0 fully saturated rings. The summed E-state index contributed by atoms with van der Waals surface area (Å²) in [6, 6.07) is 0.375. The quantitative estimate of drug-likeness (QED) is 0.561. The maximum absolute atomic E-state index is 5.50. The molecule has 1 aromatic heterocycles. The van der Waals surface area contributed by atoms with Gasteiger partial charge in [-0.2, -0.15) is 0 Å².